The summed E-state index contributed by atoms with van der Waals surface area (Å²) in [7, 11) is 0. The van der Waals surface area contributed by atoms with Gasteiger partial charge in [-0.2, -0.15) is 0 Å². The second-order valence-electron chi connectivity index (χ2n) is 7.86. The zero-order valence-corrected chi connectivity index (χ0v) is 18.2. The molecule has 1 aliphatic heterocycles. The molecular weight excluding hydrogens is 384 g/mol. The number of fused-ring (bicyclic) bond motifs is 1. The third-order valence-electron chi connectivity index (χ3n) is 4.91. The van der Waals surface area contributed by atoms with E-state index in [2.05, 4.69) is 5.32 Å². The molecule has 2 amide bonds. The summed E-state index contributed by atoms with van der Waals surface area (Å²) in [6.45, 7) is 8.20. The van der Waals surface area contributed by atoms with Gasteiger partial charge in [0.2, 0.25) is 5.91 Å². The van der Waals surface area contributed by atoms with Gasteiger partial charge in [-0.25, -0.2) is 10.6 Å². The van der Waals surface area contributed by atoms with E-state index in [1.807, 2.05) is 25.1 Å². The minimum Gasteiger partial charge on any atom is -0.447 e. The van der Waals surface area contributed by atoms with Gasteiger partial charge in [0.25, 0.3) is 0 Å². The van der Waals surface area contributed by atoms with Gasteiger partial charge in [-0.05, 0) is 63.4 Å². The van der Waals surface area contributed by atoms with E-state index in [-0.39, 0.29) is 24.1 Å². The number of anilines is 1. The van der Waals surface area contributed by atoms with Crippen molar-refractivity contribution in [1.82, 2.24) is 10.3 Å². The van der Waals surface area contributed by atoms with Gasteiger partial charge in [0.05, 0.1) is 17.8 Å². The first kappa shape index (κ1) is 23.5. The number of amides is 2. The summed E-state index contributed by atoms with van der Waals surface area (Å²) in [4.78, 5) is 26.2. The van der Waals surface area contributed by atoms with Gasteiger partial charge >= 0.3 is 6.09 Å². The first-order valence-corrected chi connectivity index (χ1v) is 10.2. The Hall–Kier alpha value is -2.78. The molecule has 0 fully saturated rings. The molecule has 2 atom stereocenters. The first-order valence-electron chi connectivity index (χ1n) is 10.2. The molecule has 0 saturated heterocycles. The number of carbonyl (C=O) groups excluding carboxylic acids is 2. The standard InChI is InChI=1S/C21H34N6O3/c1-13(2)30-21(29)25-19-10-14(3)27(15(4)28)20-7-6-16(11-17(19)20)18(23)12-26(24)9-5-8-22/h6-7,11-14,19H,5,8-10,22-24H2,1-4H3,(H,25,29)/b18-12-/t14-,19+/m0/s1. The number of hydrogen-bond acceptors (Lipinski definition) is 7. The highest BCUT2D eigenvalue weighted by Gasteiger charge is 2.33. The molecular formula is C21H34N6O3. The third-order valence-corrected chi connectivity index (χ3v) is 4.91. The number of nitrogens with zero attached hydrogens (tertiary/aromatic N) is 2. The number of hydrogen-bond donors (Lipinski definition) is 4. The highest BCUT2D eigenvalue weighted by Crippen LogP contribution is 2.38. The van der Waals surface area contributed by atoms with Crippen LogP contribution in [0.4, 0.5) is 10.5 Å². The SMILES string of the molecule is CC(=O)N1c2ccc(/C(N)=C/N(N)CCCN)cc2[C@H](NC(=O)OC(C)C)C[C@@H]1C. The van der Waals surface area contributed by atoms with Crippen molar-refractivity contribution in [1.29, 1.82) is 0 Å². The monoisotopic (exact) mass is 418 g/mol. The minimum atomic E-state index is -0.492. The molecule has 0 saturated carbocycles. The van der Waals surface area contributed by atoms with Crippen LogP contribution in [0.3, 0.4) is 0 Å². The van der Waals surface area contributed by atoms with Crippen LogP contribution in [-0.4, -0.2) is 42.2 Å². The zero-order valence-electron chi connectivity index (χ0n) is 18.2. The lowest BCUT2D eigenvalue weighted by atomic mass is 9.90. The Kier molecular flexibility index (Phi) is 8.08. The van der Waals surface area contributed by atoms with Crippen LogP contribution >= 0.6 is 0 Å². The van der Waals surface area contributed by atoms with Gasteiger partial charge in [-0.3, -0.25) is 4.79 Å². The van der Waals surface area contributed by atoms with Crippen LogP contribution < -0.4 is 27.5 Å². The van der Waals surface area contributed by atoms with Crippen LogP contribution in [0.25, 0.3) is 5.70 Å². The topological polar surface area (TPSA) is 140 Å². The van der Waals surface area contributed by atoms with Gasteiger partial charge in [-0.15, -0.1) is 0 Å². The average Bonchev–Trinajstić information content (AvgIpc) is 2.64. The Morgan fingerprint density at radius 1 is 1.40 bits per heavy atom. The smallest absolute Gasteiger partial charge is 0.407 e. The van der Waals surface area contributed by atoms with Crippen molar-refractivity contribution in [2.45, 2.75) is 58.7 Å². The number of ether oxygens (including phenoxy) is 1. The second-order valence-corrected chi connectivity index (χ2v) is 7.86. The van der Waals surface area contributed by atoms with Crippen LogP contribution in [0.2, 0.25) is 0 Å². The van der Waals surface area contributed by atoms with Gasteiger partial charge in [0.1, 0.15) is 0 Å². The summed E-state index contributed by atoms with van der Waals surface area (Å²) < 4.78 is 5.25. The van der Waals surface area contributed by atoms with Gasteiger partial charge < -0.3 is 31.4 Å². The summed E-state index contributed by atoms with van der Waals surface area (Å²) in [6, 6.07) is 5.20. The molecule has 9 nitrogen and oxygen atoms in total. The lowest BCUT2D eigenvalue weighted by Gasteiger charge is -2.39. The molecule has 0 aliphatic carbocycles. The van der Waals surface area contributed by atoms with Crippen molar-refractivity contribution in [3.8, 4) is 0 Å². The highest BCUT2D eigenvalue weighted by atomic mass is 16.6. The van der Waals surface area contributed by atoms with Crippen molar-refractivity contribution in [2.75, 3.05) is 18.0 Å². The lowest BCUT2D eigenvalue weighted by Crippen LogP contribution is -2.45. The number of benzene rings is 1. The molecule has 0 radical (unpaired) electrons. The number of carbonyl (C=O) groups is 2. The first-order chi connectivity index (χ1) is 14.1. The number of hydrazine groups is 1. The van der Waals surface area contributed by atoms with Crippen molar-refractivity contribution in [3.63, 3.8) is 0 Å². The van der Waals surface area contributed by atoms with E-state index in [1.54, 1.807) is 24.9 Å². The molecule has 0 spiro atoms. The van der Waals surface area contributed by atoms with E-state index in [4.69, 9.17) is 22.0 Å². The number of nitrogens with one attached hydrogen (secondary N) is 1. The Bertz CT molecular complexity index is 795. The molecule has 0 unspecified atom stereocenters. The summed E-state index contributed by atoms with van der Waals surface area (Å²) in [5, 5.41) is 4.42. The molecule has 2 rings (SSSR count). The molecule has 1 aliphatic rings. The summed E-state index contributed by atoms with van der Waals surface area (Å²) in [5.41, 5.74) is 14.6. The van der Waals surface area contributed by atoms with E-state index in [0.717, 1.165) is 23.2 Å². The van der Waals surface area contributed by atoms with Crippen molar-refractivity contribution in [3.05, 3.63) is 35.5 Å². The van der Waals surface area contributed by atoms with Crippen LogP contribution in [0.1, 0.15) is 57.7 Å². The molecule has 1 aromatic rings. The largest absolute Gasteiger partial charge is 0.447 e. The molecule has 30 heavy (non-hydrogen) atoms. The van der Waals surface area contributed by atoms with E-state index in [0.29, 0.717) is 25.2 Å². The lowest BCUT2D eigenvalue weighted by molar-refractivity contribution is -0.117. The minimum absolute atomic E-state index is 0.0573. The molecule has 1 heterocycles. The molecule has 7 N–H and O–H groups in total. The van der Waals surface area contributed by atoms with E-state index in [1.165, 1.54) is 11.9 Å². The molecule has 166 valence electrons. The molecule has 1 aromatic carbocycles. The predicted molar refractivity (Wildman–Crippen MR) is 118 cm³/mol. The summed E-state index contributed by atoms with van der Waals surface area (Å²) in [6.07, 6.45) is 2.24. The second kappa shape index (κ2) is 10.3. The fourth-order valence-corrected chi connectivity index (χ4v) is 3.64. The molecule has 9 heteroatoms. The molecule has 0 aromatic heterocycles. The maximum atomic E-state index is 12.3. The Balaban J connectivity index is 2.39. The quantitative estimate of drug-likeness (QED) is 0.391. The number of alkyl carbamates (subject to hydrolysis) is 1. The predicted octanol–water partition coefficient (Wildman–Crippen LogP) is 1.79. The Morgan fingerprint density at radius 2 is 2.10 bits per heavy atom. The summed E-state index contributed by atoms with van der Waals surface area (Å²) >= 11 is 0. The molecule has 0 bridgehead atoms. The van der Waals surface area contributed by atoms with Crippen molar-refractivity contribution in [2.24, 2.45) is 17.3 Å². The maximum Gasteiger partial charge on any atom is 0.407 e. The Labute approximate surface area is 178 Å². The number of rotatable bonds is 7. The van der Waals surface area contributed by atoms with Gasteiger partial charge in [0.15, 0.2) is 0 Å². The normalized spacial score (nSPS) is 18.8. The number of nitrogens with two attached hydrogens (primary N) is 3. The summed E-state index contributed by atoms with van der Waals surface area (Å²) in [5.74, 6) is 5.89. The van der Waals surface area contributed by atoms with Crippen LogP contribution in [0.15, 0.2) is 24.4 Å². The van der Waals surface area contributed by atoms with Gasteiger partial charge in [0, 0.05) is 31.4 Å². The zero-order chi connectivity index (χ0) is 22.4. The third kappa shape index (κ3) is 5.87. The average molecular weight is 419 g/mol. The van der Waals surface area contributed by atoms with Crippen molar-refractivity contribution >= 4 is 23.4 Å². The van der Waals surface area contributed by atoms with Crippen LogP contribution in [0.5, 0.6) is 0 Å². The van der Waals surface area contributed by atoms with E-state index >= 15 is 0 Å². The fraction of sp³-hybridized carbons (Fsp3) is 0.524. The van der Waals surface area contributed by atoms with Crippen LogP contribution in [-0.2, 0) is 9.53 Å². The van der Waals surface area contributed by atoms with Gasteiger partial charge in [-0.1, -0.05) is 6.07 Å². The van der Waals surface area contributed by atoms with Crippen LogP contribution in [0, 0.1) is 0 Å². The fourth-order valence-electron chi connectivity index (χ4n) is 3.64. The highest BCUT2D eigenvalue weighted by molar-refractivity contribution is 5.94. The van der Waals surface area contributed by atoms with E-state index in [9.17, 15) is 9.59 Å². The Morgan fingerprint density at radius 3 is 2.70 bits per heavy atom. The van der Waals surface area contributed by atoms with E-state index < -0.39 is 6.09 Å². The maximum absolute atomic E-state index is 12.3. The van der Waals surface area contributed by atoms with Crippen molar-refractivity contribution < 1.29 is 14.3 Å².